The van der Waals surface area contributed by atoms with Crippen LogP contribution < -0.4 is 10.9 Å². The monoisotopic (exact) mass is 236 g/mol. The third kappa shape index (κ3) is 2.95. The second kappa shape index (κ2) is 4.75. The van der Waals surface area contributed by atoms with E-state index in [9.17, 15) is 8.42 Å². The molecule has 1 rings (SSSR count). The Morgan fingerprint density at radius 2 is 1.93 bits per heavy atom. The number of aryl methyl sites for hydroxylation is 1. The standard InChI is InChI=1S/C8H12N2O2S.ClH/c1-6-2-3-8(13(10,11)12)4-7(6)5-9;/h2-4H,5,9H2,1H3,(H2,10,11,12);1H. The van der Waals surface area contributed by atoms with Crippen LogP contribution in [0.3, 0.4) is 0 Å². The van der Waals surface area contributed by atoms with Crippen molar-refractivity contribution in [1.82, 2.24) is 0 Å². The smallest absolute Gasteiger partial charge is 0.238 e. The third-order valence-electron chi connectivity index (χ3n) is 1.87. The van der Waals surface area contributed by atoms with Crippen LogP contribution in [-0.2, 0) is 16.6 Å². The van der Waals surface area contributed by atoms with E-state index in [0.717, 1.165) is 11.1 Å². The van der Waals surface area contributed by atoms with Crippen molar-refractivity contribution in [3.8, 4) is 0 Å². The minimum atomic E-state index is -3.61. The zero-order valence-electron chi connectivity index (χ0n) is 7.73. The summed E-state index contributed by atoms with van der Waals surface area (Å²) in [5.41, 5.74) is 7.19. The first-order valence-electron chi connectivity index (χ1n) is 3.77. The SMILES string of the molecule is Cc1ccc(S(N)(=O)=O)cc1CN.Cl. The lowest BCUT2D eigenvalue weighted by atomic mass is 10.1. The van der Waals surface area contributed by atoms with Crippen LogP contribution in [0.4, 0.5) is 0 Å². The highest BCUT2D eigenvalue weighted by Crippen LogP contribution is 2.13. The predicted molar refractivity (Wildman–Crippen MR) is 57.7 cm³/mol. The lowest BCUT2D eigenvalue weighted by molar-refractivity contribution is 0.597. The van der Waals surface area contributed by atoms with Crippen molar-refractivity contribution in [3.63, 3.8) is 0 Å². The molecule has 0 aliphatic heterocycles. The highest BCUT2D eigenvalue weighted by atomic mass is 35.5. The highest BCUT2D eigenvalue weighted by Gasteiger charge is 2.08. The van der Waals surface area contributed by atoms with Crippen molar-refractivity contribution >= 4 is 22.4 Å². The third-order valence-corrected chi connectivity index (χ3v) is 2.78. The van der Waals surface area contributed by atoms with Crippen LogP contribution >= 0.6 is 12.4 Å². The molecule has 0 radical (unpaired) electrons. The molecule has 0 fully saturated rings. The van der Waals surface area contributed by atoms with E-state index in [1.54, 1.807) is 6.07 Å². The Hall–Kier alpha value is -0.620. The number of nitrogens with two attached hydrogens (primary N) is 2. The summed E-state index contributed by atoms with van der Waals surface area (Å²) in [7, 11) is -3.61. The summed E-state index contributed by atoms with van der Waals surface area (Å²) in [4.78, 5) is 0.110. The van der Waals surface area contributed by atoms with Crippen LogP contribution in [0.15, 0.2) is 23.1 Å². The summed E-state index contributed by atoms with van der Waals surface area (Å²) < 4.78 is 21.9. The van der Waals surface area contributed by atoms with Gasteiger partial charge >= 0.3 is 0 Å². The fourth-order valence-corrected chi connectivity index (χ4v) is 1.61. The fourth-order valence-electron chi connectivity index (χ4n) is 1.04. The van der Waals surface area contributed by atoms with Gasteiger partial charge in [-0.3, -0.25) is 0 Å². The van der Waals surface area contributed by atoms with Crippen LogP contribution in [0.2, 0.25) is 0 Å². The van der Waals surface area contributed by atoms with Gasteiger partial charge in [0.15, 0.2) is 0 Å². The van der Waals surface area contributed by atoms with Crippen LogP contribution in [-0.4, -0.2) is 8.42 Å². The average molecular weight is 237 g/mol. The molecular formula is C8H13ClN2O2S. The van der Waals surface area contributed by atoms with Gasteiger partial charge in [-0.15, -0.1) is 12.4 Å². The van der Waals surface area contributed by atoms with Gasteiger partial charge in [-0.1, -0.05) is 6.07 Å². The molecule has 0 aliphatic carbocycles. The number of benzene rings is 1. The summed E-state index contributed by atoms with van der Waals surface area (Å²) in [6.45, 7) is 2.18. The molecule has 6 heteroatoms. The van der Waals surface area contributed by atoms with Gasteiger partial charge in [-0.2, -0.15) is 0 Å². The Bertz CT molecular complexity index is 417. The second-order valence-electron chi connectivity index (χ2n) is 2.84. The minimum absolute atomic E-state index is 0. The Morgan fingerprint density at radius 1 is 1.36 bits per heavy atom. The van der Waals surface area contributed by atoms with Crippen molar-refractivity contribution in [2.75, 3.05) is 0 Å². The molecular weight excluding hydrogens is 224 g/mol. The van der Waals surface area contributed by atoms with Crippen LogP contribution in [0.25, 0.3) is 0 Å². The molecule has 0 aromatic heterocycles. The number of sulfonamides is 1. The maximum absolute atomic E-state index is 10.9. The van der Waals surface area contributed by atoms with Crippen molar-refractivity contribution in [2.45, 2.75) is 18.4 Å². The predicted octanol–water partition coefficient (Wildman–Crippen LogP) is 0.523. The normalized spacial score (nSPS) is 10.8. The first kappa shape index (κ1) is 13.4. The molecule has 0 atom stereocenters. The van der Waals surface area contributed by atoms with Gasteiger partial charge in [0.25, 0.3) is 0 Å². The number of hydrogen-bond acceptors (Lipinski definition) is 3. The van der Waals surface area contributed by atoms with E-state index >= 15 is 0 Å². The molecule has 0 saturated heterocycles. The molecule has 1 aromatic carbocycles. The topological polar surface area (TPSA) is 86.2 Å². The van der Waals surface area contributed by atoms with E-state index in [1.165, 1.54) is 12.1 Å². The first-order chi connectivity index (χ1) is 5.95. The van der Waals surface area contributed by atoms with E-state index in [-0.39, 0.29) is 17.3 Å². The molecule has 80 valence electrons. The molecule has 0 saturated carbocycles. The van der Waals surface area contributed by atoms with Gasteiger partial charge in [0.05, 0.1) is 4.90 Å². The number of hydrogen-bond donors (Lipinski definition) is 2. The molecule has 0 heterocycles. The Balaban J connectivity index is 0.00000169. The molecule has 0 aliphatic rings. The van der Waals surface area contributed by atoms with E-state index in [0.29, 0.717) is 6.54 Å². The quantitative estimate of drug-likeness (QED) is 0.785. The molecule has 0 bridgehead atoms. The Kier molecular flexibility index (Phi) is 4.54. The second-order valence-corrected chi connectivity index (χ2v) is 4.40. The summed E-state index contributed by atoms with van der Waals surface area (Å²) in [6, 6.07) is 4.68. The molecule has 4 N–H and O–H groups in total. The Morgan fingerprint density at radius 3 is 2.36 bits per heavy atom. The van der Waals surface area contributed by atoms with Crippen LogP contribution in [0.1, 0.15) is 11.1 Å². The number of primary sulfonamides is 1. The van der Waals surface area contributed by atoms with Gasteiger partial charge < -0.3 is 5.73 Å². The molecule has 14 heavy (non-hydrogen) atoms. The van der Waals surface area contributed by atoms with Gasteiger partial charge in [0.1, 0.15) is 0 Å². The van der Waals surface area contributed by atoms with E-state index < -0.39 is 10.0 Å². The molecule has 0 amide bonds. The van der Waals surface area contributed by atoms with E-state index in [1.807, 2.05) is 6.92 Å². The Labute approximate surface area is 89.8 Å². The minimum Gasteiger partial charge on any atom is -0.326 e. The van der Waals surface area contributed by atoms with Gasteiger partial charge in [0.2, 0.25) is 10.0 Å². The molecule has 4 nitrogen and oxygen atoms in total. The highest BCUT2D eigenvalue weighted by molar-refractivity contribution is 7.89. The largest absolute Gasteiger partial charge is 0.326 e. The van der Waals surface area contributed by atoms with Crippen molar-refractivity contribution in [3.05, 3.63) is 29.3 Å². The number of rotatable bonds is 2. The summed E-state index contributed by atoms with van der Waals surface area (Å²) in [6.07, 6.45) is 0. The fraction of sp³-hybridized carbons (Fsp3) is 0.250. The zero-order chi connectivity index (χ0) is 10.1. The van der Waals surface area contributed by atoms with Crippen molar-refractivity contribution in [1.29, 1.82) is 0 Å². The average Bonchev–Trinajstić information content (AvgIpc) is 2.03. The van der Waals surface area contributed by atoms with Gasteiger partial charge in [-0.25, -0.2) is 13.6 Å². The van der Waals surface area contributed by atoms with Crippen molar-refractivity contribution in [2.24, 2.45) is 10.9 Å². The summed E-state index contributed by atoms with van der Waals surface area (Å²) in [5, 5.41) is 4.96. The molecule has 1 aromatic rings. The summed E-state index contributed by atoms with van der Waals surface area (Å²) >= 11 is 0. The van der Waals surface area contributed by atoms with Crippen molar-refractivity contribution < 1.29 is 8.42 Å². The lowest BCUT2D eigenvalue weighted by Gasteiger charge is -2.04. The maximum atomic E-state index is 10.9. The molecule has 0 spiro atoms. The first-order valence-corrected chi connectivity index (χ1v) is 5.32. The zero-order valence-corrected chi connectivity index (χ0v) is 9.36. The van der Waals surface area contributed by atoms with Crippen LogP contribution in [0.5, 0.6) is 0 Å². The molecule has 0 unspecified atom stereocenters. The lowest BCUT2D eigenvalue weighted by Crippen LogP contribution is -2.13. The van der Waals surface area contributed by atoms with Crippen LogP contribution in [0, 0.1) is 6.92 Å². The van der Waals surface area contributed by atoms with Gasteiger partial charge in [0, 0.05) is 6.54 Å². The maximum Gasteiger partial charge on any atom is 0.238 e. The van der Waals surface area contributed by atoms with Gasteiger partial charge in [-0.05, 0) is 30.2 Å². The summed E-state index contributed by atoms with van der Waals surface area (Å²) in [5.74, 6) is 0. The van der Waals surface area contributed by atoms with E-state index in [4.69, 9.17) is 10.9 Å². The number of halogens is 1. The van der Waals surface area contributed by atoms with E-state index in [2.05, 4.69) is 0 Å².